The van der Waals surface area contributed by atoms with Gasteiger partial charge < -0.3 is 20.4 Å². The van der Waals surface area contributed by atoms with Crippen molar-refractivity contribution in [2.45, 2.75) is 0 Å². The molecule has 9 heavy (non-hydrogen) atoms. The van der Waals surface area contributed by atoms with Gasteiger partial charge in [0.1, 0.15) is 0 Å². The van der Waals surface area contributed by atoms with Crippen molar-refractivity contribution in [2.75, 3.05) is 26.4 Å². The van der Waals surface area contributed by atoms with E-state index in [1.807, 2.05) is 0 Å². The van der Waals surface area contributed by atoms with Crippen LogP contribution in [0.25, 0.3) is 0 Å². The second-order valence-electron chi connectivity index (χ2n) is 0.894. The molecule has 0 fully saturated rings. The van der Waals surface area contributed by atoms with Crippen LogP contribution >= 0.6 is 13.5 Å². The van der Waals surface area contributed by atoms with Gasteiger partial charge in [0.05, 0.1) is 26.4 Å². The first-order valence-corrected chi connectivity index (χ1v) is 2.26. The normalized spacial score (nSPS) is 6.67. The Morgan fingerprint density at radius 2 is 0.667 bits per heavy atom. The fourth-order valence-corrected chi connectivity index (χ4v) is 0. The molecular formula is C4H14O4S. The number of hydrogen-bond donors (Lipinski definition) is 4. The quantitative estimate of drug-likeness (QED) is 0.377. The molecule has 0 saturated heterocycles. The minimum Gasteiger partial charge on any atom is -0.394 e. The summed E-state index contributed by atoms with van der Waals surface area (Å²) >= 11 is 0. The van der Waals surface area contributed by atoms with Crippen LogP contribution in [0.1, 0.15) is 0 Å². The first-order chi connectivity index (χ1) is 3.83. The minimum absolute atomic E-state index is 0. The molecule has 5 heteroatoms. The number of aliphatic hydroxyl groups excluding tert-OH is 4. The van der Waals surface area contributed by atoms with Gasteiger partial charge in [0.2, 0.25) is 0 Å². The van der Waals surface area contributed by atoms with Crippen LogP contribution in [0, 0.1) is 0 Å². The summed E-state index contributed by atoms with van der Waals surface area (Å²) in [5.41, 5.74) is 0. The van der Waals surface area contributed by atoms with Crippen LogP contribution in [0.15, 0.2) is 0 Å². The second kappa shape index (κ2) is 24.1. The SMILES string of the molecule is OCCO.OCCO.S. The topological polar surface area (TPSA) is 80.9 Å². The van der Waals surface area contributed by atoms with E-state index in [4.69, 9.17) is 20.4 Å². The standard InChI is InChI=1S/2C2H6O2.H2S/c2*3-1-2-4;/h2*3-4H,1-2H2;1H2. The lowest BCUT2D eigenvalue weighted by atomic mass is 10.8. The Bertz CT molecular complexity index is 20.5. The smallest absolute Gasteiger partial charge is 0.0662 e. The van der Waals surface area contributed by atoms with Crippen molar-refractivity contribution in [1.82, 2.24) is 0 Å². The summed E-state index contributed by atoms with van der Waals surface area (Å²) in [4.78, 5) is 0. The lowest BCUT2D eigenvalue weighted by Crippen LogP contribution is -1.85. The summed E-state index contributed by atoms with van der Waals surface area (Å²) in [6.07, 6.45) is 0. The maximum absolute atomic E-state index is 7.62. The van der Waals surface area contributed by atoms with Crippen molar-refractivity contribution in [3.63, 3.8) is 0 Å². The summed E-state index contributed by atoms with van der Waals surface area (Å²) in [6, 6.07) is 0. The third kappa shape index (κ3) is 65.4. The number of aliphatic hydroxyl groups is 4. The van der Waals surface area contributed by atoms with Crippen molar-refractivity contribution in [3.8, 4) is 0 Å². The van der Waals surface area contributed by atoms with Gasteiger partial charge >= 0.3 is 0 Å². The Labute approximate surface area is 61.2 Å². The fourth-order valence-electron chi connectivity index (χ4n) is 0. The number of hydrogen-bond acceptors (Lipinski definition) is 4. The third-order valence-electron chi connectivity index (χ3n) is 0.200. The summed E-state index contributed by atoms with van der Waals surface area (Å²) in [5.74, 6) is 0. The van der Waals surface area contributed by atoms with E-state index in [2.05, 4.69) is 0 Å². The third-order valence-corrected chi connectivity index (χ3v) is 0.200. The van der Waals surface area contributed by atoms with Gasteiger partial charge in [0, 0.05) is 0 Å². The van der Waals surface area contributed by atoms with Gasteiger partial charge in [-0.1, -0.05) is 0 Å². The Morgan fingerprint density at radius 3 is 0.667 bits per heavy atom. The maximum atomic E-state index is 7.62. The molecule has 4 N–H and O–H groups in total. The molecule has 0 aromatic carbocycles. The zero-order valence-electron chi connectivity index (χ0n) is 5.12. The van der Waals surface area contributed by atoms with Crippen molar-refractivity contribution in [2.24, 2.45) is 0 Å². The van der Waals surface area contributed by atoms with Crippen LogP contribution < -0.4 is 0 Å². The van der Waals surface area contributed by atoms with Gasteiger partial charge in [-0.15, -0.1) is 0 Å². The van der Waals surface area contributed by atoms with Crippen LogP contribution in [0.4, 0.5) is 0 Å². The molecule has 0 bridgehead atoms. The van der Waals surface area contributed by atoms with Gasteiger partial charge in [-0.05, 0) is 0 Å². The highest BCUT2D eigenvalue weighted by molar-refractivity contribution is 7.59. The van der Waals surface area contributed by atoms with Gasteiger partial charge in [-0.25, -0.2) is 0 Å². The van der Waals surface area contributed by atoms with Crippen LogP contribution in [-0.4, -0.2) is 46.9 Å². The largest absolute Gasteiger partial charge is 0.394 e. The zero-order chi connectivity index (χ0) is 6.83. The van der Waals surface area contributed by atoms with E-state index in [1.54, 1.807) is 0 Å². The van der Waals surface area contributed by atoms with Gasteiger partial charge in [-0.3, -0.25) is 0 Å². The molecule has 0 aliphatic carbocycles. The molecule has 0 aliphatic heterocycles. The lowest BCUT2D eigenvalue weighted by Gasteiger charge is -1.70. The van der Waals surface area contributed by atoms with E-state index in [-0.39, 0.29) is 39.9 Å². The second-order valence-corrected chi connectivity index (χ2v) is 0.894. The summed E-state index contributed by atoms with van der Waals surface area (Å²) < 4.78 is 0. The monoisotopic (exact) mass is 158 g/mol. The summed E-state index contributed by atoms with van der Waals surface area (Å²) in [7, 11) is 0. The molecule has 4 nitrogen and oxygen atoms in total. The molecular weight excluding hydrogens is 144 g/mol. The van der Waals surface area contributed by atoms with E-state index in [9.17, 15) is 0 Å². The van der Waals surface area contributed by atoms with Crippen LogP contribution in [0.3, 0.4) is 0 Å². The Kier molecular flexibility index (Phi) is 43.1. The zero-order valence-corrected chi connectivity index (χ0v) is 6.12. The van der Waals surface area contributed by atoms with Crippen LogP contribution in [0.5, 0.6) is 0 Å². The first-order valence-electron chi connectivity index (χ1n) is 2.26. The van der Waals surface area contributed by atoms with Crippen LogP contribution in [0.2, 0.25) is 0 Å². The molecule has 0 aromatic rings. The predicted octanol–water partition coefficient (Wildman–Crippen LogP) is -1.95. The van der Waals surface area contributed by atoms with E-state index < -0.39 is 0 Å². The molecule has 0 rings (SSSR count). The molecule has 0 amide bonds. The Morgan fingerprint density at radius 1 is 0.556 bits per heavy atom. The highest BCUT2D eigenvalue weighted by Crippen LogP contribution is 1.40. The molecule has 0 atom stereocenters. The van der Waals surface area contributed by atoms with Crippen molar-refractivity contribution in [3.05, 3.63) is 0 Å². The Balaban J connectivity index is -0.0000000720. The molecule has 0 aliphatic rings. The number of rotatable bonds is 2. The highest BCUT2D eigenvalue weighted by Gasteiger charge is 1.58. The predicted molar refractivity (Wildman–Crippen MR) is 38.7 cm³/mol. The highest BCUT2D eigenvalue weighted by atomic mass is 32.1. The Hall–Kier alpha value is 0.190. The maximum Gasteiger partial charge on any atom is 0.0662 e. The first kappa shape index (κ1) is 16.1. The van der Waals surface area contributed by atoms with E-state index in [0.29, 0.717) is 0 Å². The fraction of sp³-hybridized carbons (Fsp3) is 1.00. The van der Waals surface area contributed by atoms with E-state index in [0.717, 1.165) is 0 Å². The van der Waals surface area contributed by atoms with Gasteiger partial charge in [-0.2, -0.15) is 13.5 Å². The molecule has 0 heterocycles. The molecule has 0 saturated carbocycles. The van der Waals surface area contributed by atoms with Gasteiger partial charge in [0.25, 0.3) is 0 Å². The molecule has 0 aromatic heterocycles. The van der Waals surface area contributed by atoms with Crippen molar-refractivity contribution in [1.29, 1.82) is 0 Å². The summed E-state index contributed by atoms with van der Waals surface area (Å²) in [6.45, 7) is -0.500. The average Bonchev–Trinajstić information content (AvgIpc) is 1.88. The molecule has 0 spiro atoms. The lowest BCUT2D eigenvalue weighted by molar-refractivity contribution is 0.186. The molecule has 0 radical (unpaired) electrons. The van der Waals surface area contributed by atoms with Gasteiger partial charge in [0.15, 0.2) is 0 Å². The minimum atomic E-state index is -0.125. The van der Waals surface area contributed by atoms with E-state index in [1.165, 1.54) is 0 Å². The summed E-state index contributed by atoms with van der Waals surface area (Å²) in [5, 5.41) is 30.5. The van der Waals surface area contributed by atoms with Crippen molar-refractivity contribution < 1.29 is 20.4 Å². The molecule has 0 unspecified atom stereocenters. The average molecular weight is 158 g/mol. The van der Waals surface area contributed by atoms with E-state index >= 15 is 0 Å². The van der Waals surface area contributed by atoms with Crippen molar-refractivity contribution >= 4 is 13.5 Å². The molecule has 60 valence electrons. The van der Waals surface area contributed by atoms with Crippen LogP contribution in [-0.2, 0) is 0 Å².